The molecular weight excluding hydrogens is 318 g/mol. The number of nitrogens with one attached hydrogen (secondary N) is 1. The zero-order chi connectivity index (χ0) is 17.2. The largest absolute Gasteiger partial charge is 0.739 e. The topological polar surface area (TPSA) is 91.7 Å². The Morgan fingerprint density at radius 2 is 1.68 bits per heavy atom. The van der Waals surface area contributed by atoms with E-state index in [0.717, 1.165) is 11.1 Å². The average Bonchev–Trinajstić information content (AvgIpc) is 2.67. The first kappa shape index (κ1) is 14.8. The van der Waals surface area contributed by atoms with Gasteiger partial charge < -0.3 is 10.4 Å². The van der Waals surface area contributed by atoms with E-state index in [9.17, 15) is 10.4 Å². The normalized spacial score (nSPS) is 10.7. The second kappa shape index (κ2) is 6.04. The van der Waals surface area contributed by atoms with Crippen LogP contribution in [0.15, 0.2) is 73.1 Å². The molecule has 7 heteroatoms. The third kappa shape index (κ3) is 2.78. The maximum absolute atomic E-state index is 12.7. The van der Waals surface area contributed by atoms with Gasteiger partial charge in [0.2, 0.25) is 5.10 Å². The minimum Gasteiger partial charge on any atom is -0.739 e. The van der Waals surface area contributed by atoms with Gasteiger partial charge in [-0.2, -0.15) is 0 Å². The van der Waals surface area contributed by atoms with E-state index in [-0.39, 0.29) is 17.0 Å². The molecule has 0 atom stereocenters. The van der Waals surface area contributed by atoms with Crippen LogP contribution in [0.3, 0.4) is 0 Å². The van der Waals surface area contributed by atoms with Gasteiger partial charge in [-0.1, -0.05) is 30.3 Å². The molecule has 0 aliphatic rings. The van der Waals surface area contributed by atoms with E-state index in [1.165, 1.54) is 0 Å². The molecule has 7 nitrogen and oxygen atoms in total. The molecule has 2 heterocycles. The van der Waals surface area contributed by atoms with E-state index >= 15 is 0 Å². The van der Waals surface area contributed by atoms with Gasteiger partial charge in [0.25, 0.3) is 5.52 Å². The van der Waals surface area contributed by atoms with Crippen molar-refractivity contribution in [2.75, 3.05) is 5.32 Å². The average molecular weight is 331 g/mol. The maximum Gasteiger partial charge on any atom is 0.465 e. The number of anilines is 2. The predicted molar refractivity (Wildman–Crippen MR) is 92.6 cm³/mol. The smallest absolute Gasteiger partial charge is 0.465 e. The summed E-state index contributed by atoms with van der Waals surface area (Å²) in [5, 5.41) is 31.5. The van der Waals surface area contributed by atoms with E-state index in [1.54, 1.807) is 42.7 Å². The Bertz CT molecular complexity index is 1040. The van der Waals surface area contributed by atoms with Crippen molar-refractivity contribution in [2.45, 2.75) is 0 Å². The van der Waals surface area contributed by atoms with E-state index in [4.69, 9.17) is 0 Å². The van der Waals surface area contributed by atoms with Gasteiger partial charge >= 0.3 is 5.95 Å². The summed E-state index contributed by atoms with van der Waals surface area (Å²) in [5.74, 6) is -0.110. The predicted octanol–water partition coefficient (Wildman–Crippen LogP) is 2.31. The third-order valence-corrected chi connectivity index (χ3v) is 3.80. The SMILES string of the molecule is [O-][n+]1nc(Nc2cccnc2)[n+]([O-])c2cc(-c3ccccc3)ccc21. The van der Waals surface area contributed by atoms with E-state index in [1.807, 2.05) is 30.3 Å². The second-order valence-corrected chi connectivity index (χ2v) is 5.43. The van der Waals surface area contributed by atoms with Gasteiger partial charge in [0.1, 0.15) is 5.69 Å². The zero-order valence-electron chi connectivity index (χ0n) is 13.0. The summed E-state index contributed by atoms with van der Waals surface area (Å²) in [6.07, 6.45) is 3.16. The van der Waals surface area contributed by atoms with Crippen molar-refractivity contribution in [2.24, 2.45) is 0 Å². The van der Waals surface area contributed by atoms with Gasteiger partial charge in [0.05, 0.1) is 6.20 Å². The number of hydrogen-bond donors (Lipinski definition) is 1. The molecule has 0 unspecified atom stereocenters. The minimum absolute atomic E-state index is 0.110. The first-order valence-corrected chi connectivity index (χ1v) is 7.62. The Hall–Kier alpha value is -3.74. The van der Waals surface area contributed by atoms with Crippen molar-refractivity contribution < 1.29 is 9.58 Å². The van der Waals surface area contributed by atoms with Crippen LogP contribution < -0.4 is 14.9 Å². The van der Waals surface area contributed by atoms with E-state index < -0.39 is 0 Å². The molecule has 122 valence electrons. The van der Waals surface area contributed by atoms with Gasteiger partial charge in [-0.25, -0.2) is 10.0 Å². The van der Waals surface area contributed by atoms with Gasteiger partial charge in [-0.3, -0.25) is 4.98 Å². The molecule has 0 saturated carbocycles. The summed E-state index contributed by atoms with van der Waals surface area (Å²) in [6.45, 7) is 0. The van der Waals surface area contributed by atoms with Crippen LogP contribution in [-0.2, 0) is 0 Å². The van der Waals surface area contributed by atoms with Crippen LogP contribution >= 0.6 is 0 Å². The highest BCUT2D eigenvalue weighted by molar-refractivity contribution is 5.77. The number of hydrogen-bond acceptors (Lipinski definition) is 5. The fraction of sp³-hybridized carbons (Fsp3) is 0. The van der Waals surface area contributed by atoms with Crippen molar-refractivity contribution in [3.63, 3.8) is 0 Å². The second-order valence-electron chi connectivity index (χ2n) is 5.43. The molecule has 0 aliphatic heterocycles. The molecule has 4 aromatic rings. The number of benzene rings is 2. The van der Waals surface area contributed by atoms with Crippen molar-refractivity contribution >= 4 is 22.7 Å². The molecule has 1 N–H and O–H groups in total. The first-order chi connectivity index (χ1) is 12.2. The number of rotatable bonds is 3. The molecule has 4 rings (SSSR count). The number of pyridine rings is 1. The number of nitrogens with zero attached hydrogens (tertiary/aromatic N) is 4. The van der Waals surface area contributed by atoms with Crippen LogP contribution in [0.4, 0.5) is 11.6 Å². The zero-order valence-corrected chi connectivity index (χ0v) is 13.0. The summed E-state index contributed by atoms with van der Waals surface area (Å²) < 4.78 is 0.614. The molecule has 0 saturated heterocycles. The molecular formula is C18H13N5O2. The summed E-state index contributed by atoms with van der Waals surface area (Å²) >= 11 is 0. The lowest BCUT2D eigenvalue weighted by Crippen LogP contribution is -2.43. The molecule has 25 heavy (non-hydrogen) atoms. The van der Waals surface area contributed by atoms with Crippen molar-refractivity contribution in [1.29, 1.82) is 0 Å². The molecule has 0 aliphatic carbocycles. The highest BCUT2D eigenvalue weighted by atomic mass is 16.5. The fourth-order valence-electron chi connectivity index (χ4n) is 2.59. The number of fused-ring (bicyclic) bond motifs is 1. The maximum atomic E-state index is 12.7. The van der Waals surface area contributed by atoms with Crippen molar-refractivity contribution in [3.05, 3.63) is 83.5 Å². The molecule has 2 aromatic heterocycles. The monoisotopic (exact) mass is 331 g/mol. The van der Waals surface area contributed by atoms with E-state index in [0.29, 0.717) is 15.3 Å². The van der Waals surface area contributed by atoms with Gasteiger partial charge in [0.15, 0.2) is 5.52 Å². The molecule has 0 radical (unpaired) electrons. The quantitative estimate of drug-likeness (QED) is 0.459. The van der Waals surface area contributed by atoms with Crippen LogP contribution in [0.2, 0.25) is 0 Å². The summed E-state index contributed by atoms with van der Waals surface area (Å²) in [4.78, 5) is 4.40. The van der Waals surface area contributed by atoms with Crippen LogP contribution in [0.1, 0.15) is 0 Å². The lowest BCUT2D eigenvalue weighted by atomic mass is 10.1. The van der Waals surface area contributed by atoms with Gasteiger partial charge in [-0.05, 0) is 35.4 Å². The molecule has 0 spiro atoms. The van der Waals surface area contributed by atoms with Crippen LogP contribution in [0.5, 0.6) is 0 Å². The Balaban J connectivity index is 1.85. The summed E-state index contributed by atoms with van der Waals surface area (Å²) in [6, 6.07) is 18.2. The number of aromatic nitrogens is 4. The lowest BCUT2D eigenvalue weighted by Gasteiger charge is -2.11. The highest BCUT2D eigenvalue weighted by Gasteiger charge is 2.21. The summed E-state index contributed by atoms with van der Waals surface area (Å²) in [5.41, 5.74) is 2.80. The molecule has 2 aromatic carbocycles. The molecule has 0 bridgehead atoms. The first-order valence-electron chi connectivity index (χ1n) is 7.62. The van der Waals surface area contributed by atoms with Crippen molar-refractivity contribution in [3.8, 4) is 11.1 Å². The Morgan fingerprint density at radius 3 is 2.44 bits per heavy atom. The Morgan fingerprint density at radius 1 is 0.840 bits per heavy atom. The van der Waals surface area contributed by atoms with Crippen molar-refractivity contribution in [1.82, 2.24) is 10.1 Å². The minimum atomic E-state index is -0.110. The highest BCUT2D eigenvalue weighted by Crippen LogP contribution is 2.22. The van der Waals surface area contributed by atoms with Crippen LogP contribution in [0.25, 0.3) is 22.2 Å². The van der Waals surface area contributed by atoms with Gasteiger partial charge in [0, 0.05) is 17.1 Å². The summed E-state index contributed by atoms with van der Waals surface area (Å²) in [7, 11) is 0. The Kier molecular flexibility index (Phi) is 3.59. The lowest BCUT2D eigenvalue weighted by molar-refractivity contribution is -0.672. The van der Waals surface area contributed by atoms with Crippen LogP contribution in [0, 0.1) is 10.4 Å². The van der Waals surface area contributed by atoms with Gasteiger partial charge in [-0.15, -0.1) is 0 Å². The van der Waals surface area contributed by atoms with Crippen LogP contribution in [-0.4, -0.2) is 10.1 Å². The fourth-order valence-corrected chi connectivity index (χ4v) is 2.59. The molecule has 0 fully saturated rings. The third-order valence-electron chi connectivity index (χ3n) is 3.80. The Labute approximate surface area is 143 Å². The standard InChI is InChI=1S/C18H13N5O2/c24-22-17-11-14(13-5-2-1-3-6-13)8-9-16(17)23(25)21-18(22)20-15-7-4-10-19-12-15/h1-12H,(H,20,21). The molecule has 0 amide bonds. The van der Waals surface area contributed by atoms with E-state index in [2.05, 4.69) is 15.4 Å².